The number of hydrogen-bond donors (Lipinski definition) is 0. The van der Waals surface area contributed by atoms with Gasteiger partial charge in [-0.3, -0.25) is 4.79 Å². The second-order valence-electron chi connectivity index (χ2n) is 6.05. The minimum Gasteiger partial charge on any atom is -0.344 e. The summed E-state index contributed by atoms with van der Waals surface area (Å²) in [5.41, 5.74) is 6.09. The van der Waals surface area contributed by atoms with Gasteiger partial charge in [0.1, 0.15) is 0 Å². The number of nitrogens with zero attached hydrogens (tertiary/aromatic N) is 2. The van der Waals surface area contributed by atoms with Crippen LogP contribution in [0.15, 0.2) is 48.1 Å². The predicted molar refractivity (Wildman–Crippen MR) is 91.5 cm³/mol. The van der Waals surface area contributed by atoms with Crippen molar-refractivity contribution in [2.24, 2.45) is 7.05 Å². The van der Waals surface area contributed by atoms with Gasteiger partial charge in [0.2, 0.25) is 5.91 Å². The highest BCUT2D eigenvalue weighted by Gasteiger charge is 2.21. The molecule has 0 unspecified atom stereocenters. The van der Waals surface area contributed by atoms with Crippen LogP contribution in [-0.2, 0) is 11.8 Å². The summed E-state index contributed by atoms with van der Waals surface area (Å²) in [4.78, 5) is 13.4. The van der Waals surface area contributed by atoms with Crippen molar-refractivity contribution in [3.8, 4) is 0 Å². The molecule has 1 saturated heterocycles. The van der Waals surface area contributed by atoms with E-state index >= 15 is 0 Å². The summed E-state index contributed by atoms with van der Waals surface area (Å²) in [6.45, 7) is 9.41. The van der Waals surface area contributed by atoms with Gasteiger partial charge in [-0.15, -0.1) is 0 Å². The summed E-state index contributed by atoms with van der Waals surface area (Å²) in [6.07, 6.45) is 0.881. The van der Waals surface area contributed by atoms with Crippen molar-refractivity contribution in [2.45, 2.75) is 20.3 Å². The highest BCUT2D eigenvalue weighted by atomic mass is 16.2. The molecule has 3 nitrogen and oxygen atoms in total. The maximum absolute atomic E-state index is 11.5. The van der Waals surface area contributed by atoms with Gasteiger partial charge in [0, 0.05) is 43.7 Å². The Morgan fingerprint density at radius 3 is 2.59 bits per heavy atom. The molecule has 3 heteroatoms. The van der Waals surface area contributed by atoms with E-state index < -0.39 is 0 Å². The van der Waals surface area contributed by atoms with E-state index in [1.54, 1.807) is 6.92 Å². The number of aryl methyl sites for hydroxylation is 1. The van der Waals surface area contributed by atoms with Crippen molar-refractivity contribution in [1.29, 1.82) is 0 Å². The Morgan fingerprint density at radius 2 is 1.95 bits per heavy atom. The Bertz CT molecular complexity index is 795. The number of para-hydroxylation sites is 1. The summed E-state index contributed by atoms with van der Waals surface area (Å²) in [5, 5.41) is 1.26. The Morgan fingerprint density at radius 1 is 1.23 bits per heavy atom. The van der Waals surface area contributed by atoms with Gasteiger partial charge in [0.15, 0.2) is 0 Å². The molecular formula is C19H22N2O. The molecule has 0 aliphatic carbocycles. The minimum absolute atomic E-state index is 0.127. The highest BCUT2D eigenvalue weighted by Crippen LogP contribution is 2.31. The van der Waals surface area contributed by atoms with Crippen LogP contribution < -0.4 is 0 Å². The number of piperidine rings is 1. The number of carbonyl (C=O) groups is 1. The average Bonchev–Trinajstić information content (AvgIpc) is 2.84. The summed E-state index contributed by atoms with van der Waals surface area (Å²) < 4.78 is 2.24. The topological polar surface area (TPSA) is 25.2 Å². The van der Waals surface area contributed by atoms with Crippen LogP contribution in [0.5, 0.6) is 0 Å². The third-order valence-corrected chi connectivity index (χ3v) is 4.67. The van der Waals surface area contributed by atoms with E-state index in [1.165, 1.54) is 27.7 Å². The molecule has 0 radical (unpaired) electrons. The third-order valence-electron chi connectivity index (χ3n) is 4.67. The van der Waals surface area contributed by atoms with E-state index in [9.17, 15) is 4.79 Å². The summed E-state index contributed by atoms with van der Waals surface area (Å²) in [7, 11) is 2.11. The van der Waals surface area contributed by atoms with Crippen LogP contribution in [0.2, 0.25) is 0 Å². The molecular weight excluding hydrogens is 272 g/mol. The van der Waals surface area contributed by atoms with E-state index in [2.05, 4.69) is 55.4 Å². The normalized spacial score (nSPS) is 18.0. The Hall–Kier alpha value is -2.29. The summed E-state index contributed by atoms with van der Waals surface area (Å²) in [5.74, 6) is 0.127. The fourth-order valence-corrected chi connectivity index (χ4v) is 3.35. The molecule has 1 aromatic heterocycles. The zero-order chi connectivity index (χ0) is 15.9. The first-order valence-electron chi connectivity index (χ1n) is 7.67. The number of likely N-dealkylation sites (tertiary alicyclic amines) is 1. The standard InChI is InChI=1S/C19H22N2O/c1-13-12-21(15(3)22)10-9-17(13)14(2)19-11-16-7-5-6-8-18(16)20(19)4/h5-8,11H,1,9-10,12H2,2-4H3/b17-14+. The van der Waals surface area contributed by atoms with E-state index in [0.29, 0.717) is 6.54 Å². The van der Waals surface area contributed by atoms with Gasteiger partial charge < -0.3 is 9.47 Å². The lowest BCUT2D eigenvalue weighted by atomic mass is 9.93. The van der Waals surface area contributed by atoms with Gasteiger partial charge in [-0.2, -0.15) is 0 Å². The quantitative estimate of drug-likeness (QED) is 0.786. The first-order chi connectivity index (χ1) is 10.5. The van der Waals surface area contributed by atoms with Crippen molar-refractivity contribution in [2.75, 3.05) is 13.1 Å². The molecule has 1 aliphatic heterocycles. The number of benzene rings is 1. The van der Waals surface area contributed by atoms with Crippen molar-refractivity contribution in [3.05, 3.63) is 53.8 Å². The zero-order valence-corrected chi connectivity index (χ0v) is 13.5. The minimum atomic E-state index is 0.127. The molecule has 0 N–H and O–H groups in total. The lowest BCUT2D eigenvalue weighted by Crippen LogP contribution is -2.35. The molecule has 3 rings (SSSR count). The van der Waals surface area contributed by atoms with Gasteiger partial charge in [-0.05, 0) is 42.2 Å². The zero-order valence-electron chi connectivity index (χ0n) is 13.5. The number of carbonyl (C=O) groups excluding carboxylic acids is 1. The lowest BCUT2D eigenvalue weighted by molar-refractivity contribution is -0.128. The molecule has 0 bridgehead atoms. The molecule has 1 fully saturated rings. The SMILES string of the molecule is C=C1CN(C(C)=O)CC/C1=C(/C)c1cc2ccccc2n1C. The van der Waals surface area contributed by atoms with Gasteiger partial charge >= 0.3 is 0 Å². The van der Waals surface area contributed by atoms with Crippen LogP contribution in [0, 0.1) is 0 Å². The number of rotatable bonds is 1. The molecule has 0 atom stereocenters. The molecule has 1 aromatic carbocycles. The first-order valence-corrected chi connectivity index (χ1v) is 7.67. The van der Waals surface area contributed by atoms with Crippen molar-refractivity contribution < 1.29 is 4.79 Å². The summed E-state index contributed by atoms with van der Waals surface area (Å²) in [6, 6.07) is 10.7. The Kier molecular flexibility index (Phi) is 3.65. The molecule has 0 saturated carbocycles. The predicted octanol–water partition coefficient (Wildman–Crippen LogP) is 3.76. The molecule has 1 amide bonds. The van der Waals surface area contributed by atoms with E-state index in [0.717, 1.165) is 18.5 Å². The van der Waals surface area contributed by atoms with E-state index in [1.807, 2.05) is 4.90 Å². The van der Waals surface area contributed by atoms with Gasteiger partial charge in [-0.1, -0.05) is 24.8 Å². The molecule has 2 aromatic rings. The average molecular weight is 294 g/mol. The molecule has 22 heavy (non-hydrogen) atoms. The first kappa shape index (κ1) is 14.6. The molecule has 1 aliphatic rings. The monoisotopic (exact) mass is 294 g/mol. The summed E-state index contributed by atoms with van der Waals surface area (Å²) >= 11 is 0. The number of amides is 1. The van der Waals surface area contributed by atoms with Crippen LogP contribution in [0.1, 0.15) is 26.0 Å². The molecule has 0 spiro atoms. The van der Waals surface area contributed by atoms with Crippen molar-refractivity contribution in [3.63, 3.8) is 0 Å². The van der Waals surface area contributed by atoms with E-state index in [-0.39, 0.29) is 5.91 Å². The number of hydrogen-bond acceptors (Lipinski definition) is 1. The fourth-order valence-electron chi connectivity index (χ4n) is 3.35. The maximum Gasteiger partial charge on any atom is 0.219 e. The largest absolute Gasteiger partial charge is 0.344 e. The Labute approximate surface area is 131 Å². The van der Waals surface area contributed by atoms with E-state index in [4.69, 9.17) is 0 Å². The van der Waals surface area contributed by atoms with Crippen molar-refractivity contribution >= 4 is 22.4 Å². The second-order valence-corrected chi connectivity index (χ2v) is 6.05. The maximum atomic E-state index is 11.5. The van der Waals surface area contributed by atoms with Crippen LogP contribution in [0.3, 0.4) is 0 Å². The second kappa shape index (κ2) is 5.48. The van der Waals surface area contributed by atoms with Gasteiger partial charge in [0.25, 0.3) is 0 Å². The number of aromatic nitrogens is 1. The smallest absolute Gasteiger partial charge is 0.219 e. The lowest BCUT2D eigenvalue weighted by Gasteiger charge is -2.30. The highest BCUT2D eigenvalue weighted by molar-refractivity contribution is 5.86. The number of fused-ring (bicyclic) bond motifs is 1. The van der Waals surface area contributed by atoms with Crippen LogP contribution in [0.4, 0.5) is 0 Å². The van der Waals surface area contributed by atoms with Crippen molar-refractivity contribution in [1.82, 2.24) is 9.47 Å². The number of allylic oxidation sites excluding steroid dienone is 1. The van der Waals surface area contributed by atoms with Crippen LogP contribution in [-0.4, -0.2) is 28.5 Å². The fraction of sp³-hybridized carbons (Fsp3) is 0.316. The Balaban J connectivity index is 2.01. The van der Waals surface area contributed by atoms with Crippen LogP contribution in [0.25, 0.3) is 16.5 Å². The van der Waals surface area contributed by atoms with Crippen LogP contribution >= 0.6 is 0 Å². The molecule has 2 heterocycles. The van der Waals surface area contributed by atoms with Gasteiger partial charge in [-0.25, -0.2) is 0 Å². The third kappa shape index (κ3) is 2.37. The molecule has 114 valence electrons. The van der Waals surface area contributed by atoms with Gasteiger partial charge in [0.05, 0.1) is 0 Å².